The summed E-state index contributed by atoms with van der Waals surface area (Å²) in [7, 11) is 0. The molecule has 0 atom stereocenters. The Hall–Kier alpha value is -8.54. The highest BCUT2D eigenvalue weighted by Gasteiger charge is 2.47. The van der Waals surface area contributed by atoms with E-state index in [0.29, 0.717) is 0 Å². The molecule has 4 nitrogen and oxygen atoms in total. The largest absolute Gasteiger partial charge is 0.456 e. The number of hydrogen-bond acceptors (Lipinski definition) is 4. The van der Waals surface area contributed by atoms with Crippen molar-refractivity contribution in [1.29, 1.82) is 0 Å². The van der Waals surface area contributed by atoms with Gasteiger partial charge in [0, 0.05) is 50.6 Å². The fourth-order valence-electron chi connectivity index (χ4n) is 12.6. The Balaban J connectivity index is 1.16. The van der Waals surface area contributed by atoms with Crippen LogP contribution in [0, 0.1) is 0 Å². The first-order valence-corrected chi connectivity index (χ1v) is 28.9. The molecule has 0 radical (unpaired) electrons. The van der Waals surface area contributed by atoms with E-state index in [1.54, 1.807) is 0 Å². The van der Waals surface area contributed by atoms with Crippen LogP contribution in [0.4, 0.5) is 45.5 Å². The van der Waals surface area contributed by atoms with Crippen molar-refractivity contribution in [3.05, 3.63) is 241 Å². The zero-order valence-electron chi connectivity index (χ0n) is 49.1. The van der Waals surface area contributed by atoms with Crippen molar-refractivity contribution in [3.8, 4) is 33.4 Å². The summed E-state index contributed by atoms with van der Waals surface area (Å²) in [5, 5.41) is 2.19. The minimum atomic E-state index is -0.257. The summed E-state index contributed by atoms with van der Waals surface area (Å²) in [6, 6.07) is 82.3. The average Bonchev–Trinajstić information content (AvgIpc) is 4.00. The smallest absolute Gasteiger partial charge is 0.333 e. The van der Waals surface area contributed by atoms with Crippen LogP contribution in [0.25, 0.3) is 55.3 Å². The molecule has 0 saturated heterocycles. The van der Waals surface area contributed by atoms with Crippen molar-refractivity contribution in [2.24, 2.45) is 0 Å². The first kappa shape index (κ1) is 51.9. The summed E-state index contributed by atoms with van der Waals surface area (Å²) in [5.74, 6) is 0. The minimum absolute atomic E-state index is 0.0105. The lowest BCUT2D eigenvalue weighted by Crippen LogP contribution is -2.61. The lowest BCUT2D eigenvalue weighted by molar-refractivity contribution is 0.590. The van der Waals surface area contributed by atoms with Gasteiger partial charge in [-0.15, -0.1) is 0 Å². The molecule has 0 aliphatic carbocycles. The van der Waals surface area contributed by atoms with Crippen LogP contribution in [0.1, 0.15) is 105 Å². The second kappa shape index (κ2) is 19.1. The SMILES string of the molecule is CC(C)(C)c1ccc(N2B3c4ccc5oc6ccccc6c5c4N(c4ccc(C(C)(C)C)cc4-c4ccccc4)c4cc(-c5ccccc5)cc(c43)-c3ccc(N(c4ccc(C(C)(C)C)cc4)c4ccc(C(C)(C)C)cc4)cc32)cc1. The first-order valence-electron chi connectivity index (χ1n) is 28.9. The monoisotopic (exact) mass is 1050 g/mol. The maximum absolute atomic E-state index is 6.91. The Bertz CT molecular complexity index is 4130. The Morgan fingerprint density at radius 3 is 1.49 bits per heavy atom. The maximum atomic E-state index is 6.91. The van der Waals surface area contributed by atoms with Gasteiger partial charge in [-0.2, -0.15) is 0 Å². The quantitative estimate of drug-likeness (QED) is 0.148. The molecule has 2 aliphatic rings. The lowest BCUT2D eigenvalue weighted by atomic mass is 9.43. The van der Waals surface area contributed by atoms with Crippen LogP contribution in [0.5, 0.6) is 0 Å². The van der Waals surface area contributed by atoms with Gasteiger partial charge in [-0.25, -0.2) is 0 Å². The van der Waals surface area contributed by atoms with E-state index in [-0.39, 0.29) is 28.5 Å². The normalized spacial score (nSPS) is 13.4. The highest BCUT2D eigenvalue weighted by molar-refractivity contribution is 6.94. The maximum Gasteiger partial charge on any atom is 0.333 e. The van der Waals surface area contributed by atoms with E-state index in [9.17, 15) is 0 Å². The van der Waals surface area contributed by atoms with Crippen LogP contribution in [-0.4, -0.2) is 6.85 Å². The van der Waals surface area contributed by atoms with Gasteiger partial charge in [0.1, 0.15) is 11.2 Å². The van der Waals surface area contributed by atoms with E-state index in [4.69, 9.17) is 4.42 Å². The molecule has 5 heteroatoms. The average molecular weight is 1050 g/mol. The third-order valence-electron chi connectivity index (χ3n) is 17.1. The molecular weight excluding hydrogens is 982 g/mol. The number of fused-ring (bicyclic) bond motifs is 8. The van der Waals surface area contributed by atoms with Gasteiger partial charge in [-0.05, 0) is 162 Å². The summed E-state index contributed by atoms with van der Waals surface area (Å²) in [6.07, 6.45) is 0. The second-order valence-corrected chi connectivity index (χ2v) is 26.7. The Kier molecular flexibility index (Phi) is 12.2. The summed E-state index contributed by atoms with van der Waals surface area (Å²) in [4.78, 5) is 7.72. The molecule has 81 heavy (non-hydrogen) atoms. The molecule has 0 bridgehead atoms. The van der Waals surface area contributed by atoms with Crippen molar-refractivity contribution in [1.82, 2.24) is 0 Å². The number of hydrogen-bond donors (Lipinski definition) is 0. The van der Waals surface area contributed by atoms with Crippen LogP contribution in [0.3, 0.4) is 0 Å². The van der Waals surface area contributed by atoms with Gasteiger partial charge in [0.25, 0.3) is 0 Å². The predicted molar refractivity (Wildman–Crippen MR) is 348 cm³/mol. The Labute approximate surface area is 480 Å². The summed E-state index contributed by atoms with van der Waals surface area (Å²) < 4.78 is 6.91. The predicted octanol–water partition coefficient (Wildman–Crippen LogP) is 20.3. The Morgan fingerprint density at radius 2 is 0.901 bits per heavy atom. The number of furan rings is 1. The van der Waals surface area contributed by atoms with Crippen molar-refractivity contribution in [2.45, 2.75) is 105 Å². The van der Waals surface area contributed by atoms with Gasteiger partial charge in [0.05, 0.1) is 16.8 Å². The third-order valence-corrected chi connectivity index (χ3v) is 17.1. The van der Waals surface area contributed by atoms with Gasteiger partial charge in [0.2, 0.25) is 0 Å². The molecule has 3 heterocycles. The molecule has 0 N–H and O–H groups in total. The Morgan fingerprint density at radius 1 is 0.370 bits per heavy atom. The topological polar surface area (TPSA) is 22.9 Å². The van der Waals surface area contributed by atoms with Crippen molar-refractivity contribution in [2.75, 3.05) is 14.6 Å². The molecule has 13 rings (SSSR count). The summed E-state index contributed by atoms with van der Waals surface area (Å²) in [6.45, 7) is 27.3. The van der Waals surface area contributed by atoms with E-state index < -0.39 is 0 Å². The minimum Gasteiger partial charge on any atom is -0.456 e. The molecule has 0 saturated carbocycles. The fourth-order valence-corrected chi connectivity index (χ4v) is 12.6. The molecule has 0 amide bonds. The molecule has 1 aromatic heterocycles. The van der Waals surface area contributed by atoms with Gasteiger partial charge in [-0.3, -0.25) is 0 Å². The molecular formula is C76H72BN3O. The molecule has 0 spiro atoms. The van der Waals surface area contributed by atoms with Gasteiger partial charge >= 0.3 is 6.85 Å². The number of benzene rings is 10. The van der Waals surface area contributed by atoms with Crippen LogP contribution < -0.4 is 25.5 Å². The van der Waals surface area contributed by atoms with E-state index >= 15 is 0 Å². The molecule has 400 valence electrons. The van der Waals surface area contributed by atoms with Crippen LogP contribution in [-0.2, 0) is 21.7 Å². The van der Waals surface area contributed by atoms with Crippen LogP contribution in [0.15, 0.2) is 223 Å². The van der Waals surface area contributed by atoms with Crippen molar-refractivity contribution in [3.63, 3.8) is 0 Å². The zero-order chi connectivity index (χ0) is 56.3. The van der Waals surface area contributed by atoms with E-state index in [2.05, 4.69) is 316 Å². The molecule has 10 aromatic carbocycles. The van der Waals surface area contributed by atoms with E-state index in [0.717, 1.165) is 73.0 Å². The van der Waals surface area contributed by atoms with E-state index in [1.165, 1.54) is 61.0 Å². The van der Waals surface area contributed by atoms with Crippen molar-refractivity contribution < 1.29 is 4.42 Å². The standard InChI is InChI=1S/C76H72BN3O/c1-73(2,3)52-27-34-56(35-28-52)78(57-36-29-53(30-37-57)74(4,5)6)59-40-41-60-63-45-51(49-21-15-13-16-22-49)46-67-71(63)77(80(66(60)48-59)58-38-31-54(32-39-58)75(7,8)9)64-42-44-69-70(61-25-19-20-26-68(61)81-69)72(64)79(67)65-43-33-55(76(10,11)12)47-62(65)50-23-17-14-18-24-50/h13-48H,1-12H3. The highest BCUT2D eigenvalue weighted by Crippen LogP contribution is 2.54. The first-order chi connectivity index (χ1) is 38.7. The molecule has 0 unspecified atom stereocenters. The lowest BCUT2D eigenvalue weighted by Gasteiger charge is -2.46. The second-order valence-electron chi connectivity index (χ2n) is 26.7. The fraction of sp³-hybridized carbons (Fsp3) is 0.211. The number of para-hydroxylation sites is 1. The highest BCUT2D eigenvalue weighted by atomic mass is 16.3. The van der Waals surface area contributed by atoms with Crippen LogP contribution in [0.2, 0.25) is 0 Å². The van der Waals surface area contributed by atoms with Crippen molar-refractivity contribution >= 4 is 85.2 Å². The summed E-state index contributed by atoms with van der Waals surface area (Å²) in [5.41, 5.74) is 25.3. The van der Waals surface area contributed by atoms with E-state index in [1.807, 2.05) is 0 Å². The van der Waals surface area contributed by atoms with Gasteiger partial charge in [-0.1, -0.05) is 217 Å². The number of anilines is 8. The number of rotatable bonds is 7. The zero-order valence-corrected chi connectivity index (χ0v) is 49.1. The van der Waals surface area contributed by atoms with Gasteiger partial charge < -0.3 is 19.0 Å². The molecule has 0 fully saturated rings. The van der Waals surface area contributed by atoms with Crippen LogP contribution >= 0.6 is 0 Å². The molecule has 2 aliphatic heterocycles. The molecule has 11 aromatic rings. The van der Waals surface area contributed by atoms with Gasteiger partial charge in [0.15, 0.2) is 0 Å². The number of nitrogens with zero attached hydrogens (tertiary/aromatic N) is 3. The summed E-state index contributed by atoms with van der Waals surface area (Å²) >= 11 is 0. The third kappa shape index (κ3) is 9.03.